The lowest BCUT2D eigenvalue weighted by Crippen LogP contribution is -2.42. The molecule has 3 N–H and O–H groups in total. The Morgan fingerprint density at radius 2 is 1.88 bits per heavy atom. The number of nitrogen functional groups attached to an aromatic ring is 1. The van der Waals surface area contributed by atoms with Crippen molar-refractivity contribution >= 4 is 22.5 Å². The fourth-order valence-electron chi connectivity index (χ4n) is 2.67. The summed E-state index contributed by atoms with van der Waals surface area (Å²) in [6, 6.07) is 8.42. The summed E-state index contributed by atoms with van der Waals surface area (Å²) in [5.41, 5.74) is 8.91. The Kier molecular flexibility index (Phi) is 8.41. The van der Waals surface area contributed by atoms with Gasteiger partial charge in [0.2, 0.25) is 0 Å². The zero-order valence-electron chi connectivity index (χ0n) is 15.8. The number of thiazole rings is 1. The molecule has 5 nitrogen and oxygen atoms in total. The zero-order valence-corrected chi connectivity index (χ0v) is 16.6. The van der Waals surface area contributed by atoms with Crippen LogP contribution in [0, 0.1) is 0 Å². The normalized spacial score (nSPS) is 10.7. The second-order valence-electron chi connectivity index (χ2n) is 6.44. The Balaban J connectivity index is 1.91. The van der Waals surface area contributed by atoms with Crippen molar-refractivity contribution in [2.45, 2.75) is 46.0 Å². The molecule has 1 aromatic heterocycles. The quantitative estimate of drug-likeness (QED) is 0.600. The molecule has 0 spiro atoms. The molecular weight excluding hydrogens is 344 g/mol. The maximum absolute atomic E-state index is 12.4. The van der Waals surface area contributed by atoms with Gasteiger partial charge in [0.1, 0.15) is 0 Å². The number of hydrogen-bond donors (Lipinski definition) is 2. The van der Waals surface area contributed by atoms with Crippen molar-refractivity contribution in [2.24, 2.45) is 0 Å². The molecule has 0 aliphatic rings. The number of rotatable bonds is 10. The minimum absolute atomic E-state index is 0.0569. The van der Waals surface area contributed by atoms with Crippen LogP contribution in [0.25, 0.3) is 11.3 Å². The summed E-state index contributed by atoms with van der Waals surface area (Å²) < 4.78 is 0. The van der Waals surface area contributed by atoms with Gasteiger partial charge in [0, 0.05) is 30.6 Å². The van der Waals surface area contributed by atoms with Gasteiger partial charge in [-0.05, 0) is 24.8 Å². The van der Waals surface area contributed by atoms with Crippen LogP contribution in [0.5, 0.6) is 0 Å². The highest BCUT2D eigenvalue weighted by Crippen LogP contribution is 2.23. The third kappa shape index (κ3) is 6.33. The first kappa shape index (κ1) is 20.2. The third-order valence-electron chi connectivity index (χ3n) is 4.32. The van der Waals surface area contributed by atoms with Gasteiger partial charge in [-0.15, -0.1) is 11.3 Å². The molecule has 2 amide bonds. The highest BCUT2D eigenvalue weighted by atomic mass is 32.1. The standard InChI is InChI=1S/C20H30N4OS/c1-3-5-12-22-20(25)24(13-6-4-2)14-11-16-7-9-17(10-8-16)18-15-26-19(21)23-18/h7-10,15H,3-6,11-14H2,1-2H3,(H2,21,23)(H,22,25). The Hall–Kier alpha value is -2.08. The largest absolute Gasteiger partial charge is 0.375 e. The van der Waals surface area contributed by atoms with E-state index in [1.165, 1.54) is 16.9 Å². The van der Waals surface area contributed by atoms with Crippen molar-refractivity contribution < 1.29 is 4.79 Å². The number of urea groups is 1. The summed E-state index contributed by atoms with van der Waals surface area (Å²) in [5, 5.41) is 5.59. The molecular formula is C20H30N4OS. The lowest BCUT2D eigenvalue weighted by atomic mass is 10.1. The van der Waals surface area contributed by atoms with Crippen LogP contribution in [-0.2, 0) is 6.42 Å². The zero-order chi connectivity index (χ0) is 18.8. The van der Waals surface area contributed by atoms with Gasteiger partial charge in [-0.3, -0.25) is 0 Å². The molecule has 2 aromatic rings. The summed E-state index contributed by atoms with van der Waals surface area (Å²) >= 11 is 1.45. The van der Waals surface area contributed by atoms with Crippen LogP contribution in [0.15, 0.2) is 29.6 Å². The molecule has 0 aliphatic carbocycles. The number of aromatic nitrogens is 1. The molecule has 0 fully saturated rings. The number of hydrogen-bond acceptors (Lipinski definition) is 4. The van der Waals surface area contributed by atoms with Gasteiger partial charge < -0.3 is 16.0 Å². The van der Waals surface area contributed by atoms with Gasteiger partial charge >= 0.3 is 6.03 Å². The molecule has 0 atom stereocenters. The highest BCUT2D eigenvalue weighted by molar-refractivity contribution is 7.13. The number of amides is 2. The maximum atomic E-state index is 12.4. The van der Waals surface area contributed by atoms with Gasteiger partial charge in [-0.25, -0.2) is 9.78 Å². The number of benzene rings is 1. The molecule has 142 valence electrons. The van der Waals surface area contributed by atoms with E-state index < -0.39 is 0 Å². The van der Waals surface area contributed by atoms with Crippen LogP contribution < -0.4 is 11.1 Å². The molecule has 0 aliphatic heterocycles. The topological polar surface area (TPSA) is 71.2 Å². The molecule has 26 heavy (non-hydrogen) atoms. The lowest BCUT2D eigenvalue weighted by molar-refractivity contribution is 0.197. The van der Waals surface area contributed by atoms with Gasteiger partial charge in [0.05, 0.1) is 5.69 Å². The number of carbonyl (C=O) groups is 1. The summed E-state index contributed by atoms with van der Waals surface area (Å²) in [7, 11) is 0. The average Bonchev–Trinajstić information content (AvgIpc) is 3.09. The van der Waals surface area contributed by atoms with E-state index in [1.807, 2.05) is 10.3 Å². The third-order valence-corrected chi connectivity index (χ3v) is 4.99. The first-order valence-electron chi connectivity index (χ1n) is 9.47. The number of anilines is 1. The predicted molar refractivity (Wildman–Crippen MR) is 110 cm³/mol. The fraction of sp³-hybridized carbons (Fsp3) is 0.500. The lowest BCUT2D eigenvalue weighted by Gasteiger charge is -2.23. The van der Waals surface area contributed by atoms with Crippen LogP contribution in [0.1, 0.15) is 45.1 Å². The van der Waals surface area contributed by atoms with E-state index in [1.54, 1.807) is 0 Å². The molecule has 0 saturated carbocycles. The molecule has 0 saturated heterocycles. The molecule has 0 unspecified atom stereocenters. The van der Waals surface area contributed by atoms with Crippen LogP contribution in [0.3, 0.4) is 0 Å². The van der Waals surface area contributed by atoms with Crippen LogP contribution in [-0.4, -0.2) is 35.5 Å². The molecule has 6 heteroatoms. The molecule has 1 heterocycles. The van der Waals surface area contributed by atoms with E-state index in [0.29, 0.717) is 5.13 Å². The van der Waals surface area contributed by atoms with E-state index in [9.17, 15) is 4.79 Å². The van der Waals surface area contributed by atoms with Gasteiger partial charge in [-0.2, -0.15) is 0 Å². The highest BCUT2D eigenvalue weighted by Gasteiger charge is 2.12. The van der Waals surface area contributed by atoms with Crippen LogP contribution in [0.2, 0.25) is 0 Å². The number of carbonyl (C=O) groups excluding carboxylic acids is 1. The number of nitrogens with one attached hydrogen (secondary N) is 1. The Morgan fingerprint density at radius 1 is 1.15 bits per heavy atom. The predicted octanol–water partition coefficient (Wildman–Crippen LogP) is 4.55. The molecule has 1 aromatic carbocycles. The van der Waals surface area contributed by atoms with Crippen LogP contribution >= 0.6 is 11.3 Å². The first-order valence-corrected chi connectivity index (χ1v) is 10.3. The monoisotopic (exact) mass is 374 g/mol. The Labute approximate surface area is 160 Å². The van der Waals surface area contributed by atoms with E-state index in [-0.39, 0.29) is 6.03 Å². The smallest absolute Gasteiger partial charge is 0.317 e. The SMILES string of the molecule is CCCCNC(=O)N(CCCC)CCc1ccc(-c2csc(N)n2)cc1. The van der Waals surface area contributed by atoms with Crippen molar-refractivity contribution in [1.82, 2.24) is 15.2 Å². The van der Waals surface area contributed by atoms with Gasteiger partial charge in [0.25, 0.3) is 0 Å². The van der Waals surface area contributed by atoms with Crippen LogP contribution in [0.4, 0.5) is 9.93 Å². The van der Waals surface area contributed by atoms with E-state index in [2.05, 4.69) is 48.4 Å². The van der Waals surface area contributed by atoms with E-state index >= 15 is 0 Å². The summed E-state index contributed by atoms with van der Waals surface area (Å²) in [4.78, 5) is 18.6. The number of nitrogens with zero attached hydrogens (tertiary/aromatic N) is 2. The van der Waals surface area contributed by atoms with E-state index in [4.69, 9.17) is 5.73 Å². The Morgan fingerprint density at radius 3 is 2.50 bits per heavy atom. The van der Waals surface area contributed by atoms with E-state index in [0.717, 1.165) is 63.0 Å². The summed E-state index contributed by atoms with van der Waals surface area (Å²) in [5.74, 6) is 0. The number of unbranched alkanes of at least 4 members (excludes halogenated alkanes) is 2. The number of nitrogens with two attached hydrogens (primary N) is 1. The molecule has 0 radical (unpaired) electrons. The molecule has 2 rings (SSSR count). The van der Waals surface area contributed by atoms with Crippen molar-refractivity contribution in [1.29, 1.82) is 0 Å². The fourth-order valence-corrected chi connectivity index (χ4v) is 3.25. The minimum Gasteiger partial charge on any atom is -0.375 e. The summed E-state index contributed by atoms with van der Waals surface area (Å²) in [6.45, 7) is 6.58. The first-order chi connectivity index (χ1) is 12.6. The minimum atomic E-state index is 0.0569. The van der Waals surface area contributed by atoms with Crippen molar-refractivity contribution in [2.75, 3.05) is 25.4 Å². The molecule has 0 bridgehead atoms. The van der Waals surface area contributed by atoms with Gasteiger partial charge in [0.15, 0.2) is 5.13 Å². The summed E-state index contributed by atoms with van der Waals surface area (Å²) in [6.07, 6.45) is 5.09. The van der Waals surface area contributed by atoms with Gasteiger partial charge in [-0.1, -0.05) is 51.0 Å². The van der Waals surface area contributed by atoms with Crippen molar-refractivity contribution in [3.8, 4) is 11.3 Å². The second kappa shape index (κ2) is 10.8. The average molecular weight is 375 g/mol. The maximum Gasteiger partial charge on any atom is 0.317 e. The second-order valence-corrected chi connectivity index (χ2v) is 7.33. The van der Waals surface area contributed by atoms with Crippen molar-refractivity contribution in [3.05, 3.63) is 35.2 Å². The van der Waals surface area contributed by atoms with Crippen molar-refractivity contribution in [3.63, 3.8) is 0 Å². The Bertz CT molecular complexity index is 669.